The Morgan fingerprint density at radius 1 is 1.10 bits per heavy atom. The second-order valence-electron chi connectivity index (χ2n) is 6.41. The van der Waals surface area contributed by atoms with Gasteiger partial charge < -0.3 is 29.0 Å². The normalized spacial score (nSPS) is 14.0. The van der Waals surface area contributed by atoms with Crippen LogP contribution >= 0.6 is 0 Å². The van der Waals surface area contributed by atoms with E-state index in [1.807, 2.05) is 24.3 Å². The Kier molecular flexibility index (Phi) is 6.86. The van der Waals surface area contributed by atoms with E-state index in [1.54, 1.807) is 24.3 Å². The number of hydrogen-bond donors (Lipinski definition) is 0. The number of allylic oxidation sites excluding steroid dienone is 1. The number of hydrogen-bond acceptors (Lipinski definition) is 7. The maximum atomic E-state index is 12.5. The van der Waals surface area contributed by atoms with Gasteiger partial charge in [0.15, 0.2) is 17.3 Å². The van der Waals surface area contributed by atoms with Gasteiger partial charge in [-0.25, -0.2) is 0 Å². The van der Waals surface area contributed by atoms with E-state index >= 15 is 0 Å². The van der Waals surface area contributed by atoms with Crippen molar-refractivity contribution in [2.24, 2.45) is 0 Å². The van der Waals surface area contributed by atoms with Crippen molar-refractivity contribution in [3.8, 4) is 11.5 Å². The van der Waals surface area contributed by atoms with Crippen LogP contribution in [0.5, 0.6) is 11.5 Å². The summed E-state index contributed by atoms with van der Waals surface area (Å²) in [6.45, 7) is 2.55. The van der Waals surface area contributed by atoms with Gasteiger partial charge in [-0.3, -0.25) is 4.79 Å². The number of carboxylic acid groups (broad SMARTS) is 1. The lowest BCUT2D eigenvalue weighted by atomic mass is 10.1. The minimum absolute atomic E-state index is 0.116. The van der Waals surface area contributed by atoms with Crippen molar-refractivity contribution < 1.29 is 28.9 Å². The van der Waals surface area contributed by atoms with Gasteiger partial charge in [-0.2, -0.15) is 0 Å². The maximum absolute atomic E-state index is 12.5. The molecule has 7 nitrogen and oxygen atoms in total. The second kappa shape index (κ2) is 9.75. The summed E-state index contributed by atoms with van der Waals surface area (Å²) < 4.78 is 15.7. The molecule has 0 amide bonds. The summed E-state index contributed by atoms with van der Waals surface area (Å²) >= 11 is 0. The molecule has 0 spiro atoms. The number of carbonyl (C=O) groups excluding carboxylic acids is 2. The minimum Gasteiger partial charge on any atom is -0.546 e. The van der Waals surface area contributed by atoms with E-state index in [9.17, 15) is 14.7 Å². The predicted octanol–water partition coefficient (Wildman–Crippen LogP) is 1.56. The SMILES string of the molecule is COc1cc(/C=C/C(=O)c2ccc(N3CCOCC3)cc2)ccc1OCC(=O)[O-]. The first kappa shape index (κ1) is 20.4. The standard InChI is InChI=1S/C22H23NO6/c1-27-21-14-16(3-9-20(21)29-15-22(25)26)2-8-19(24)17-4-6-18(7-5-17)23-10-12-28-13-11-23/h2-9,14H,10-13,15H2,1H3,(H,25,26)/p-1/b8-2+. The number of benzene rings is 2. The van der Waals surface area contributed by atoms with Crippen LogP contribution in [0.4, 0.5) is 5.69 Å². The monoisotopic (exact) mass is 396 g/mol. The zero-order chi connectivity index (χ0) is 20.6. The maximum Gasteiger partial charge on any atom is 0.185 e. The van der Waals surface area contributed by atoms with Gasteiger partial charge in [-0.1, -0.05) is 12.1 Å². The van der Waals surface area contributed by atoms with Crippen molar-refractivity contribution in [1.29, 1.82) is 0 Å². The summed E-state index contributed by atoms with van der Waals surface area (Å²) in [5.74, 6) is -0.773. The Balaban J connectivity index is 1.65. The lowest BCUT2D eigenvalue weighted by Crippen LogP contribution is -2.36. The van der Waals surface area contributed by atoms with Crippen LogP contribution in [0, 0.1) is 0 Å². The number of methoxy groups -OCH3 is 1. The molecular weight excluding hydrogens is 374 g/mol. The summed E-state index contributed by atoms with van der Waals surface area (Å²) in [7, 11) is 1.45. The highest BCUT2D eigenvalue weighted by Crippen LogP contribution is 2.28. The molecule has 1 saturated heterocycles. The van der Waals surface area contributed by atoms with Crippen LogP contribution in [-0.2, 0) is 9.53 Å². The molecule has 0 aliphatic carbocycles. The first-order valence-electron chi connectivity index (χ1n) is 9.22. The largest absolute Gasteiger partial charge is 0.546 e. The van der Waals surface area contributed by atoms with Gasteiger partial charge >= 0.3 is 0 Å². The fraction of sp³-hybridized carbons (Fsp3) is 0.273. The molecule has 0 N–H and O–H groups in total. The highest BCUT2D eigenvalue weighted by molar-refractivity contribution is 6.07. The molecule has 3 rings (SSSR count). The van der Waals surface area contributed by atoms with Crippen LogP contribution in [0.25, 0.3) is 6.08 Å². The van der Waals surface area contributed by atoms with Gasteiger partial charge in [0.25, 0.3) is 0 Å². The Hall–Kier alpha value is -3.32. The van der Waals surface area contributed by atoms with Crippen molar-refractivity contribution >= 4 is 23.5 Å². The van der Waals surface area contributed by atoms with E-state index < -0.39 is 12.6 Å². The number of nitrogens with zero attached hydrogens (tertiary/aromatic N) is 1. The van der Waals surface area contributed by atoms with Crippen molar-refractivity contribution in [2.75, 3.05) is 44.9 Å². The molecule has 0 atom stereocenters. The lowest BCUT2D eigenvalue weighted by Gasteiger charge is -2.28. The van der Waals surface area contributed by atoms with Crippen LogP contribution in [0.1, 0.15) is 15.9 Å². The fourth-order valence-electron chi connectivity index (χ4n) is 2.97. The lowest BCUT2D eigenvalue weighted by molar-refractivity contribution is -0.307. The number of morpholine rings is 1. The van der Waals surface area contributed by atoms with E-state index in [1.165, 1.54) is 13.2 Å². The molecule has 1 fully saturated rings. The molecule has 0 radical (unpaired) electrons. The van der Waals surface area contributed by atoms with Gasteiger partial charge in [0, 0.05) is 24.3 Å². The number of anilines is 1. The Labute approximate surface area is 169 Å². The molecule has 0 aromatic heterocycles. The van der Waals surface area contributed by atoms with Crippen LogP contribution in [0.15, 0.2) is 48.5 Å². The molecule has 0 unspecified atom stereocenters. The summed E-state index contributed by atoms with van der Waals surface area (Å²) in [5, 5.41) is 10.5. The third kappa shape index (κ3) is 5.58. The second-order valence-corrected chi connectivity index (χ2v) is 6.41. The molecular formula is C22H22NO6-. The van der Waals surface area contributed by atoms with Crippen LogP contribution in [0.3, 0.4) is 0 Å². The molecule has 2 aromatic carbocycles. The number of rotatable bonds is 8. The fourth-order valence-corrected chi connectivity index (χ4v) is 2.97. The molecule has 29 heavy (non-hydrogen) atoms. The topological polar surface area (TPSA) is 88.1 Å². The van der Waals surface area contributed by atoms with E-state index in [0.29, 0.717) is 30.3 Å². The number of carbonyl (C=O) groups is 2. The first-order chi connectivity index (χ1) is 14.1. The summed E-state index contributed by atoms with van der Waals surface area (Å²) in [4.78, 5) is 25.2. The number of ether oxygens (including phenoxy) is 3. The molecule has 1 aliphatic rings. The van der Waals surface area contributed by atoms with Crippen LogP contribution in [0.2, 0.25) is 0 Å². The molecule has 1 aliphatic heterocycles. The summed E-state index contributed by atoms with van der Waals surface area (Å²) in [6.07, 6.45) is 3.16. The molecule has 2 aromatic rings. The van der Waals surface area contributed by atoms with E-state index in [0.717, 1.165) is 24.3 Å². The van der Waals surface area contributed by atoms with Crippen molar-refractivity contribution in [3.05, 3.63) is 59.7 Å². The molecule has 0 saturated carbocycles. The number of ketones is 1. The number of carboxylic acids is 1. The molecule has 7 heteroatoms. The van der Waals surface area contributed by atoms with Crippen molar-refractivity contribution in [3.63, 3.8) is 0 Å². The smallest absolute Gasteiger partial charge is 0.185 e. The third-order valence-electron chi connectivity index (χ3n) is 4.49. The van der Waals surface area contributed by atoms with Gasteiger partial charge in [0.2, 0.25) is 0 Å². The summed E-state index contributed by atoms with van der Waals surface area (Å²) in [5.41, 5.74) is 2.39. The number of aliphatic carboxylic acids is 1. The van der Waals surface area contributed by atoms with Crippen molar-refractivity contribution in [2.45, 2.75) is 0 Å². The Morgan fingerprint density at radius 3 is 2.48 bits per heavy atom. The third-order valence-corrected chi connectivity index (χ3v) is 4.49. The van der Waals surface area contributed by atoms with Crippen molar-refractivity contribution in [1.82, 2.24) is 0 Å². The zero-order valence-corrected chi connectivity index (χ0v) is 16.1. The van der Waals surface area contributed by atoms with Gasteiger partial charge in [0.05, 0.1) is 26.3 Å². The van der Waals surface area contributed by atoms with Gasteiger partial charge in [-0.05, 0) is 48.0 Å². The Bertz CT molecular complexity index is 885. The molecule has 0 bridgehead atoms. The predicted molar refractivity (Wildman–Crippen MR) is 106 cm³/mol. The first-order valence-corrected chi connectivity index (χ1v) is 9.22. The highest BCUT2D eigenvalue weighted by atomic mass is 16.5. The summed E-state index contributed by atoms with van der Waals surface area (Å²) in [6, 6.07) is 12.5. The Morgan fingerprint density at radius 2 is 1.83 bits per heavy atom. The quantitative estimate of drug-likeness (QED) is 0.494. The molecule has 1 heterocycles. The van der Waals surface area contributed by atoms with Crippen LogP contribution < -0.4 is 19.5 Å². The van der Waals surface area contributed by atoms with Crippen LogP contribution in [-0.4, -0.2) is 51.8 Å². The highest BCUT2D eigenvalue weighted by Gasteiger charge is 2.11. The van der Waals surface area contributed by atoms with Gasteiger partial charge in [-0.15, -0.1) is 0 Å². The average molecular weight is 396 g/mol. The van der Waals surface area contributed by atoms with Gasteiger partial charge in [0.1, 0.15) is 6.61 Å². The van der Waals surface area contributed by atoms with E-state index in [-0.39, 0.29) is 5.78 Å². The average Bonchev–Trinajstić information content (AvgIpc) is 2.77. The molecule has 152 valence electrons. The van der Waals surface area contributed by atoms with E-state index in [4.69, 9.17) is 14.2 Å². The van der Waals surface area contributed by atoms with E-state index in [2.05, 4.69) is 4.90 Å². The zero-order valence-electron chi connectivity index (χ0n) is 16.1. The minimum atomic E-state index is -1.32.